The van der Waals surface area contributed by atoms with E-state index in [9.17, 15) is 0 Å². The fourth-order valence-electron chi connectivity index (χ4n) is 1.83. The molecule has 3 nitrogen and oxygen atoms in total. The first kappa shape index (κ1) is 14.6. The summed E-state index contributed by atoms with van der Waals surface area (Å²) in [6.45, 7) is 8.24. The second-order valence-electron chi connectivity index (χ2n) is 5.25. The Balaban J connectivity index is 2.71. The summed E-state index contributed by atoms with van der Waals surface area (Å²) in [7, 11) is 2.01. The predicted octanol–water partition coefficient (Wildman–Crippen LogP) is 3.54. The number of hydrogen-bond acceptors (Lipinski definition) is 3. The van der Waals surface area contributed by atoms with Crippen LogP contribution in [-0.4, -0.2) is 26.4 Å². The van der Waals surface area contributed by atoms with Gasteiger partial charge in [-0.1, -0.05) is 13.8 Å². The van der Waals surface area contributed by atoms with Crippen molar-refractivity contribution < 1.29 is 0 Å². The van der Waals surface area contributed by atoms with Crippen molar-refractivity contribution in [2.45, 2.75) is 27.2 Å². The lowest BCUT2D eigenvalue weighted by Gasteiger charge is -2.19. The van der Waals surface area contributed by atoms with E-state index in [0.29, 0.717) is 6.54 Å². The van der Waals surface area contributed by atoms with Crippen LogP contribution < -0.4 is 10.2 Å². The average molecular weight is 247 g/mol. The van der Waals surface area contributed by atoms with E-state index in [1.54, 1.807) is 0 Å². The summed E-state index contributed by atoms with van der Waals surface area (Å²) in [6.07, 6.45) is 2.60. The highest BCUT2D eigenvalue weighted by Crippen LogP contribution is 2.21. The number of hydrogen-bond donors (Lipinski definition) is 2. The summed E-state index contributed by atoms with van der Waals surface area (Å²) in [5, 5.41) is 10.6. The third-order valence-electron chi connectivity index (χ3n) is 2.92. The number of aryl methyl sites for hydroxylation is 1. The first-order chi connectivity index (χ1) is 8.52. The molecule has 0 aliphatic heterocycles. The predicted molar refractivity (Wildman–Crippen MR) is 81.2 cm³/mol. The van der Waals surface area contributed by atoms with Crippen LogP contribution in [0.4, 0.5) is 11.4 Å². The number of rotatable bonds is 7. The van der Waals surface area contributed by atoms with E-state index in [2.05, 4.69) is 49.2 Å². The fourth-order valence-corrected chi connectivity index (χ4v) is 1.83. The highest BCUT2D eigenvalue weighted by molar-refractivity contribution is 5.66. The van der Waals surface area contributed by atoms with E-state index >= 15 is 0 Å². The molecule has 0 aromatic heterocycles. The maximum atomic E-state index is 7.17. The Morgan fingerprint density at radius 3 is 2.67 bits per heavy atom. The minimum atomic E-state index is 0.648. The number of nitrogens with one attached hydrogen (secondary N) is 2. The Morgan fingerprint density at radius 1 is 1.33 bits per heavy atom. The minimum Gasteiger partial charge on any atom is -0.385 e. The van der Waals surface area contributed by atoms with E-state index in [4.69, 9.17) is 5.41 Å². The Labute approximate surface area is 111 Å². The summed E-state index contributed by atoms with van der Waals surface area (Å²) >= 11 is 0. The molecule has 0 saturated carbocycles. The molecule has 100 valence electrons. The first-order valence-electron chi connectivity index (χ1n) is 6.58. The standard InChI is InChI=1S/C15H25N3/c1-12(2)5-7-17-14-9-13(3)10-15(11-14)18(4)8-6-16/h6,9-12,16-17H,5,7-8H2,1-4H3. The highest BCUT2D eigenvalue weighted by Gasteiger charge is 2.03. The van der Waals surface area contributed by atoms with Gasteiger partial charge in [0, 0.05) is 31.2 Å². The van der Waals surface area contributed by atoms with Crippen molar-refractivity contribution in [3.05, 3.63) is 23.8 Å². The van der Waals surface area contributed by atoms with Crippen molar-refractivity contribution in [3.63, 3.8) is 0 Å². The van der Waals surface area contributed by atoms with Gasteiger partial charge in [0.15, 0.2) is 0 Å². The highest BCUT2D eigenvalue weighted by atomic mass is 15.1. The lowest BCUT2D eigenvalue weighted by atomic mass is 10.1. The van der Waals surface area contributed by atoms with E-state index in [-0.39, 0.29) is 0 Å². The maximum absolute atomic E-state index is 7.17. The zero-order chi connectivity index (χ0) is 13.5. The van der Waals surface area contributed by atoms with Gasteiger partial charge in [-0.25, -0.2) is 0 Å². The van der Waals surface area contributed by atoms with E-state index < -0.39 is 0 Å². The third-order valence-corrected chi connectivity index (χ3v) is 2.92. The van der Waals surface area contributed by atoms with Gasteiger partial charge in [0.2, 0.25) is 0 Å². The Hall–Kier alpha value is -1.51. The van der Waals surface area contributed by atoms with Gasteiger partial charge in [0.1, 0.15) is 0 Å². The van der Waals surface area contributed by atoms with Crippen LogP contribution in [0.2, 0.25) is 0 Å². The zero-order valence-corrected chi connectivity index (χ0v) is 12.0. The normalized spacial score (nSPS) is 10.5. The molecule has 1 aromatic rings. The van der Waals surface area contributed by atoms with Crippen LogP contribution in [0.5, 0.6) is 0 Å². The van der Waals surface area contributed by atoms with Crippen molar-refractivity contribution in [1.82, 2.24) is 0 Å². The molecule has 1 rings (SSSR count). The Kier molecular flexibility index (Phi) is 5.69. The third kappa shape index (κ3) is 4.78. The van der Waals surface area contributed by atoms with Crippen LogP contribution in [0.15, 0.2) is 18.2 Å². The molecule has 0 aliphatic carbocycles. The largest absolute Gasteiger partial charge is 0.385 e. The summed E-state index contributed by atoms with van der Waals surface area (Å²) < 4.78 is 0. The molecule has 0 fully saturated rings. The molecule has 0 heterocycles. The van der Waals surface area contributed by atoms with Crippen molar-refractivity contribution >= 4 is 17.6 Å². The number of anilines is 2. The van der Waals surface area contributed by atoms with E-state index in [0.717, 1.165) is 18.2 Å². The molecular weight excluding hydrogens is 222 g/mol. The molecule has 3 heteroatoms. The van der Waals surface area contributed by atoms with Gasteiger partial charge in [0.25, 0.3) is 0 Å². The minimum absolute atomic E-state index is 0.648. The van der Waals surface area contributed by atoms with Crippen molar-refractivity contribution in [1.29, 1.82) is 5.41 Å². The molecule has 0 amide bonds. The molecule has 1 aromatic carbocycles. The molecular formula is C15H25N3. The molecule has 0 spiro atoms. The van der Waals surface area contributed by atoms with Crippen molar-refractivity contribution in [2.75, 3.05) is 30.4 Å². The Bertz CT molecular complexity index is 385. The molecule has 2 N–H and O–H groups in total. The second kappa shape index (κ2) is 7.04. The molecule has 0 saturated heterocycles. The lowest BCUT2D eigenvalue weighted by Crippen LogP contribution is -2.19. The molecule has 0 atom stereocenters. The van der Waals surface area contributed by atoms with Gasteiger partial charge in [-0.15, -0.1) is 0 Å². The van der Waals surface area contributed by atoms with Crippen LogP contribution in [0.25, 0.3) is 0 Å². The first-order valence-corrected chi connectivity index (χ1v) is 6.58. The van der Waals surface area contributed by atoms with E-state index in [1.165, 1.54) is 23.9 Å². The van der Waals surface area contributed by atoms with Gasteiger partial charge >= 0.3 is 0 Å². The van der Waals surface area contributed by atoms with Gasteiger partial charge in [0.05, 0.1) is 6.54 Å². The van der Waals surface area contributed by atoms with Crippen LogP contribution in [0.3, 0.4) is 0 Å². The monoisotopic (exact) mass is 247 g/mol. The van der Waals surface area contributed by atoms with Crippen molar-refractivity contribution in [2.24, 2.45) is 5.92 Å². The topological polar surface area (TPSA) is 39.1 Å². The van der Waals surface area contributed by atoms with Gasteiger partial charge in [-0.3, -0.25) is 0 Å². The molecule has 0 radical (unpaired) electrons. The Morgan fingerprint density at radius 2 is 2.06 bits per heavy atom. The summed E-state index contributed by atoms with van der Waals surface area (Å²) in [4.78, 5) is 2.08. The zero-order valence-electron chi connectivity index (χ0n) is 12.0. The van der Waals surface area contributed by atoms with Crippen LogP contribution in [-0.2, 0) is 0 Å². The van der Waals surface area contributed by atoms with Crippen molar-refractivity contribution in [3.8, 4) is 0 Å². The molecule has 0 unspecified atom stereocenters. The lowest BCUT2D eigenvalue weighted by molar-refractivity contribution is 0.607. The maximum Gasteiger partial charge on any atom is 0.0522 e. The molecule has 0 aliphatic rings. The fraction of sp³-hybridized carbons (Fsp3) is 0.533. The second-order valence-corrected chi connectivity index (χ2v) is 5.25. The summed E-state index contributed by atoms with van der Waals surface area (Å²) in [6, 6.07) is 6.47. The number of nitrogens with zero attached hydrogens (tertiary/aromatic N) is 1. The quantitative estimate of drug-likeness (QED) is 0.723. The summed E-state index contributed by atoms with van der Waals surface area (Å²) in [5.41, 5.74) is 3.57. The van der Waals surface area contributed by atoms with E-state index in [1.807, 2.05) is 7.05 Å². The average Bonchev–Trinajstić information content (AvgIpc) is 2.28. The van der Waals surface area contributed by atoms with Crippen LogP contribution in [0, 0.1) is 18.3 Å². The summed E-state index contributed by atoms with van der Waals surface area (Å²) in [5.74, 6) is 0.724. The van der Waals surface area contributed by atoms with Gasteiger partial charge < -0.3 is 15.6 Å². The SMILES string of the molecule is Cc1cc(NCCC(C)C)cc(N(C)CC=N)c1. The van der Waals surface area contributed by atoms with Crippen LogP contribution >= 0.6 is 0 Å². The van der Waals surface area contributed by atoms with Gasteiger partial charge in [-0.2, -0.15) is 0 Å². The molecule has 18 heavy (non-hydrogen) atoms. The molecule has 0 bridgehead atoms. The smallest absolute Gasteiger partial charge is 0.0522 e. The number of benzene rings is 1. The van der Waals surface area contributed by atoms with Gasteiger partial charge in [-0.05, 0) is 43.0 Å². The van der Waals surface area contributed by atoms with Crippen LogP contribution in [0.1, 0.15) is 25.8 Å².